The third-order valence-electron chi connectivity index (χ3n) is 9.30. The molecule has 0 radical (unpaired) electrons. The smallest absolute Gasteiger partial charge is 0.103 e. The van der Waals surface area contributed by atoms with E-state index in [1.165, 1.54) is 0 Å². The van der Waals surface area contributed by atoms with Gasteiger partial charge in [-0.1, -0.05) is 29.3 Å². The lowest BCUT2D eigenvalue weighted by molar-refractivity contribution is 0.0566. The van der Waals surface area contributed by atoms with Crippen LogP contribution in [0.1, 0.15) is 57.6 Å². The van der Waals surface area contributed by atoms with E-state index in [1.54, 1.807) is 6.20 Å². The third-order valence-corrected chi connectivity index (χ3v) is 9.99. The van der Waals surface area contributed by atoms with E-state index < -0.39 is 0 Å². The number of aryl methyl sites for hydroxylation is 1. The van der Waals surface area contributed by atoms with Crippen molar-refractivity contribution in [3.8, 4) is 6.07 Å². The summed E-state index contributed by atoms with van der Waals surface area (Å²) in [6.45, 7) is 12.5. The number of piperidine rings is 1. The van der Waals surface area contributed by atoms with Crippen molar-refractivity contribution in [3.05, 3.63) is 69.6 Å². The number of hydrogen-bond acceptors (Lipinski definition) is 9. The van der Waals surface area contributed by atoms with Crippen LogP contribution in [-0.2, 0) is 4.74 Å². The van der Waals surface area contributed by atoms with Crippen LogP contribution in [0.5, 0.6) is 0 Å². The topological polar surface area (TPSA) is 101 Å². The van der Waals surface area contributed by atoms with Gasteiger partial charge in [-0.05, 0) is 89.1 Å². The molecule has 0 bridgehead atoms. The van der Waals surface area contributed by atoms with E-state index in [9.17, 15) is 5.26 Å². The Morgan fingerprint density at radius 3 is 2.47 bits per heavy atom. The predicted octanol–water partition coefficient (Wildman–Crippen LogP) is 7.10. The molecule has 3 aliphatic rings. The van der Waals surface area contributed by atoms with Crippen LogP contribution >= 0.6 is 23.2 Å². The molecule has 1 aromatic heterocycles. The minimum Gasteiger partial charge on any atom is -0.381 e. The summed E-state index contributed by atoms with van der Waals surface area (Å²) >= 11 is 13.3. The lowest BCUT2D eigenvalue weighted by Crippen LogP contribution is -2.52. The van der Waals surface area contributed by atoms with Crippen LogP contribution in [0.4, 0.5) is 17.1 Å². The van der Waals surface area contributed by atoms with Crippen LogP contribution in [0.2, 0.25) is 10.0 Å². The summed E-state index contributed by atoms with van der Waals surface area (Å²) in [7, 11) is 0. The minimum absolute atomic E-state index is 0.00555. The second-order valence-corrected chi connectivity index (χ2v) is 14.1. The zero-order valence-corrected chi connectivity index (χ0v) is 27.9. The van der Waals surface area contributed by atoms with Gasteiger partial charge in [0.25, 0.3) is 0 Å². The Labute approximate surface area is 275 Å². The SMILES string of the molecule is Cc1ccc(Nc2c(C#N)cnc3c(Cl)cc(N[C@H](C4=CN(C5CCN(C(C)(C)C)CC5)NN4)C4CCOCC4)cc23)cc1Cl. The number of rotatable bonds is 7. The van der Waals surface area contributed by atoms with Crippen molar-refractivity contribution in [2.75, 3.05) is 36.9 Å². The van der Waals surface area contributed by atoms with E-state index in [1.807, 2.05) is 37.3 Å². The lowest BCUT2D eigenvalue weighted by Gasteiger charge is -2.42. The normalized spacial score (nSPS) is 19.2. The maximum absolute atomic E-state index is 9.99. The molecule has 2 fully saturated rings. The second kappa shape index (κ2) is 13.2. The summed E-state index contributed by atoms with van der Waals surface area (Å²) in [5.41, 5.74) is 12.5. The molecule has 3 aromatic rings. The van der Waals surface area contributed by atoms with E-state index in [4.69, 9.17) is 27.9 Å². The molecule has 45 heavy (non-hydrogen) atoms. The minimum atomic E-state index is -0.00555. The molecule has 0 amide bonds. The highest BCUT2D eigenvalue weighted by atomic mass is 35.5. The number of aromatic nitrogens is 1. The molecule has 9 nitrogen and oxygen atoms in total. The molecule has 11 heteroatoms. The number of ether oxygens (including phenoxy) is 1. The van der Waals surface area contributed by atoms with Gasteiger partial charge in [-0.25, -0.2) is 0 Å². The summed E-state index contributed by atoms with van der Waals surface area (Å²) in [5, 5.41) is 21.4. The molecule has 2 saturated heterocycles. The van der Waals surface area contributed by atoms with Crippen molar-refractivity contribution >= 4 is 51.2 Å². The maximum atomic E-state index is 9.99. The molecule has 3 aliphatic heterocycles. The number of hydrogen-bond donors (Lipinski definition) is 4. The number of anilines is 3. The van der Waals surface area contributed by atoms with Gasteiger partial charge in [0.1, 0.15) is 6.07 Å². The van der Waals surface area contributed by atoms with Gasteiger partial charge in [0.2, 0.25) is 0 Å². The average molecular weight is 650 g/mol. The lowest BCUT2D eigenvalue weighted by atomic mass is 9.89. The number of nitriles is 1. The van der Waals surface area contributed by atoms with Gasteiger partial charge >= 0.3 is 0 Å². The number of hydrazine groups is 2. The van der Waals surface area contributed by atoms with E-state index in [0.717, 1.165) is 80.0 Å². The number of nitrogens with zero attached hydrogens (tertiary/aromatic N) is 4. The Kier molecular flexibility index (Phi) is 9.32. The number of nitrogens with one attached hydrogen (secondary N) is 4. The van der Waals surface area contributed by atoms with Gasteiger partial charge in [0, 0.05) is 72.1 Å². The molecule has 0 saturated carbocycles. The number of likely N-dealkylation sites (tertiary alicyclic amines) is 1. The second-order valence-electron chi connectivity index (χ2n) is 13.3. The fraction of sp³-hybridized carbons (Fsp3) is 0.471. The molecule has 0 aliphatic carbocycles. The molecule has 2 aromatic carbocycles. The van der Waals surface area contributed by atoms with Crippen LogP contribution < -0.4 is 21.6 Å². The molecule has 0 unspecified atom stereocenters. The number of halogens is 2. The molecular formula is C34H42Cl2N8O. The Morgan fingerprint density at radius 2 is 1.78 bits per heavy atom. The summed E-state index contributed by atoms with van der Waals surface area (Å²) in [6, 6.07) is 12.4. The Morgan fingerprint density at radius 1 is 1.04 bits per heavy atom. The first-order chi connectivity index (χ1) is 21.6. The van der Waals surface area contributed by atoms with Gasteiger partial charge in [-0.2, -0.15) is 5.26 Å². The van der Waals surface area contributed by atoms with Gasteiger partial charge < -0.3 is 20.8 Å². The third kappa shape index (κ3) is 6.96. The van der Waals surface area contributed by atoms with Crippen molar-refractivity contribution in [2.45, 2.75) is 71.0 Å². The fourth-order valence-corrected chi connectivity index (χ4v) is 7.02. The highest BCUT2D eigenvalue weighted by Crippen LogP contribution is 2.37. The Hall–Kier alpha value is -3.26. The average Bonchev–Trinajstić information content (AvgIpc) is 3.52. The zero-order valence-electron chi connectivity index (χ0n) is 26.4. The summed E-state index contributed by atoms with van der Waals surface area (Å²) < 4.78 is 5.73. The number of fused-ring (bicyclic) bond motifs is 1. The van der Waals surface area contributed by atoms with E-state index in [2.05, 4.69) is 69.5 Å². The monoisotopic (exact) mass is 648 g/mol. The Balaban J connectivity index is 1.30. The van der Waals surface area contributed by atoms with Crippen LogP contribution in [0.25, 0.3) is 10.9 Å². The van der Waals surface area contributed by atoms with Crippen molar-refractivity contribution in [3.63, 3.8) is 0 Å². The van der Waals surface area contributed by atoms with Crippen LogP contribution in [-0.4, -0.2) is 58.8 Å². The van der Waals surface area contributed by atoms with Gasteiger partial charge in [0.15, 0.2) is 0 Å². The number of benzene rings is 2. The van der Waals surface area contributed by atoms with Crippen LogP contribution in [0.3, 0.4) is 0 Å². The molecule has 0 spiro atoms. The summed E-state index contributed by atoms with van der Waals surface area (Å²) in [5.74, 6) is 0.354. The van der Waals surface area contributed by atoms with Crippen molar-refractivity contribution < 1.29 is 4.74 Å². The van der Waals surface area contributed by atoms with E-state index in [0.29, 0.717) is 38.8 Å². The Bertz CT molecular complexity index is 1620. The van der Waals surface area contributed by atoms with Crippen molar-refractivity contribution in [1.29, 1.82) is 5.26 Å². The quantitative estimate of drug-likeness (QED) is 0.214. The molecule has 4 N–H and O–H groups in total. The largest absolute Gasteiger partial charge is 0.381 e. The van der Waals surface area contributed by atoms with Crippen LogP contribution in [0.15, 0.2) is 48.4 Å². The molecule has 1 atom stereocenters. The first-order valence-electron chi connectivity index (χ1n) is 15.8. The molecular weight excluding hydrogens is 607 g/mol. The first kappa shape index (κ1) is 31.7. The molecule has 4 heterocycles. The zero-order chi connectivity index (χ0) is 31.7. The predicted molar refractivity (Wildman–Crippen MR) is 182 cm³/mol. The van der Waals surface area contributed by atoms with Crippen molar-refractivity contribution in [2.24, 2.45) is 5.92 Å². The number of pyridine rings is 1. The van der Waals surface area contributed by atoms with E-state index in [-0.39, 0.29) is 11.6 Å². The maximum Gasteiger partial charge on any atom is 0.103 e. The fourth-order valence-electron chi connectivity index (χ4n) is 6.57. The van der Waals surface area contributed by atoms with Gasteiger partial charge in [-0.3, -0.25) is 14.9 Å². The van der Waals surface area contributed by atoms with Gasteiger partial charge in [-0.15, -0.1) is 5.53 Å². The summed E-state index contributed by atoms with van der Waals surface area (Å²) in [4.78, 5) is 7.11. The molecule has 6 rings (SSSR count). The molecule has 238 valence electrons. The highest BCUT2D eigenvalue weighted by molar-refractivity contribution is 6.36. The van der Waals surface area contributed by atoms with Crippen LogP contribution in [0, 0.1) is 24.2 Å². The van der Waals surface area contributed by atoms with Crippen molar-refractivity contribution in [1.82, 2.24) is 25.9 Å². The first-order valence-corrected chi connectivity index (χ1v) is 16.5. The standard InChI is InChI=1S/C34H42Cl2N8O/c1-21-5-6-24(16-28(21)35)39-31-23(18-37)19-38-33-27(31)15-25(17-29(33)36)40-32(22-9-13-45-14-10-22)30-20-44(42-41-30)26-7-11-43(12-8-26)34(2,3)4/h5-6,15-17,19-20,22,26,32,40-42H,7-14H2,1-4H3,(H,38,39)/t32-/m0/s1. The van der Waals surface area contributed by atoms with Gasteiger partial charge in [0.05, 0.1) is 33.5 Å². The summed E-state index contributed by atoms with van der Waals surface area (Å²) in [6.07, 6.45) is 7.88. The van der Waals surface area contributed by atoms with E-state index >= 15 is 0 Å². The highest BCUT2D eigenvalue weighted by Gasteiger charge is 2.34.